The second kappa shape index (κ2) is 6.30. The highest BCUT2D eigenvalue weighted by Gasteiger charge is 2.47. The summed E-state index contributed by atoms with van der Waals surface area (Å²) in [5, 5.41) is 3.48. The molecule has 1 aliphatic heterocycles. The minimum atomic E-state index is -0.629. The van der Waals surface area contributed by atoms with E-state index in [0.717, 1.165) is 23.6 Å². The maximum atomic E-state index is 12.6. The van der Waals surface area contributed by atoms with Crippen LogP contribution in [0.4, 0.5) is 5.69 Å². The zero-order chi connectivity index (χ0) is 15.5. The molecule has 21 heavy (non-hydrogen) atoms. The molecular weight excluding hydrogens is 282 g/mol. The molecule has 0 aliphatic carbocycles. The van der Waals surface area contributed by atoms with Gasteiger partial charge in [0.25, 0.3) is 0 Å². The number of esters is 1. The van der Waals surface area contributed by atoms with Crippen LogP contribution in [0.1, 0.15) is 32.8 Å². The number of anilines is 1. The quantitative estimate of drug-likeness (QED) is 0.857. The molecule has 1 aromatic carbocycles. The van der Waals surface area contributed by atoms with Crippen LogP contribution in [0.5, 0.6) is 0 Å². The van der Waals surface area contributed by atoms with E-state index in [1.807, 2.05) is 30.8 Å². The average molecular weight is 307 g/mol. The number of carbonyl (C=O) groups is 1. The lowest BCUT2D eigenvalue weighted by Gasteiger charge is -2.43. The molecule has 0 saturated carbocycles. The number of thioether (sulfide) groups is 1. The lowest BCUT2D eigenvalue weighted by Crippen LogP contribution is -2.55. The van der Waals surface area contributed by atoms with Gasteiger partial charge in [-0.15, -0.1) is 0 Å². The fraction of sp³-hybridized carbons (Fsp3) is 0.588. The Morgan fingerprint density at radius 3 is 2.76 bits per heavy atom. The van der Waals surface area contributed by atoms with Crippen LogP contribution < -0.4 is 5.32 Å². The summed E-state index contributed by atoms with van der Waals surface area (Å²) in [6.07, 6.45) is 0.791. The molecule has 2 rings (SSSR count). The number of nitrogens with one attached hydrogen (secondary N) is 1. The molecule has 1 saturated heterocycles. The van der Waals surface area contributed by atoms with Gasteiger partial charge in [-0.05, 0) is 49.1 Å². The second-order valence-electron chi connectivity index (χ2n) is 6.63. The van der Waals surface area contributed by atoms with E-state index < -0.39 is 5.54 Å². The molecule has 0 bridgehead atoms. The van der Waals surface area contributed by atoms with Crippen molar-refractivity contribution < 1.29 is 9.53 Å². The number of carbonyl (C=O) groups excluding carboxylic acids is 1. The highest BCUT2D eigenvalue weighted by molar-refractivity contribution is 7.99. The first-order chi connectivity index (χ1) is 9.87. The molecule has 1 atom stereocenters. The topological polar surface area (TPSA) is 38.3 Å². The highest BCUT2D eigenvalue weighted by Crippen LogP contribution is 2.41. The lowest BCUT2D eigenvalue weighted by molar-refractivity contribution is -0.149. The third kappa shape index (κ3) is 3.94. The molecule has 3 nitrogen and oxygen atoms in total. The van der Waals surface area contributed by atoms with E-state index in [0.29, 0.717) is 6.61 Å². The molecule has 1 aliphatic rings. The summed E-state index contributed by atoms with van der Waals surface area (Å²) in [5.41, 5.74) is 1.66. The van der Waals surface area contributed by atoms with Crippen molar-refractivity contribution in [3.8, 4) is 0 Å². The van der Waals surface area contributed by atoms with Crippen LogP contribution in [0.2, 0.25) is 0 Å². The predicted molar refractivity (Wildman–Crippen MR) is 89.9 cm³/mol. The fourth-order valence-corrected chi connectivity index (χ4v) is 4.35. The van der Waals surface area contributed by atoms with Crippen molar-refractivity contribution in [3.63, 3.8) is 0 Å². The first-order valence-electron chi connectivity index (χ1n) is 7.47. The Labute approximate surface area is 131 Å². The van der Waals surface area contributed by atoms with Crippen molar-refractivity contribution in [1.82, 2.24) is 0 Å². The van der Waals surface area contributed by atoms with E-state index in [1.165, 1.54) is 5.56 Å². The Hall–Kier alpha value is -1.16. The third-order valence-corrected chi connectivity index (χ3v) is 5.37. The number of benzene rings is 1. The van der Waals surface area contributed by atoms with Crippen LogP contribution in [0.25, 0.3) is 0 Å². The molecule has 1 N–H and O–H groups in total. The van der Waals surface area contributed by atoms with E-state index >= 15 is 0 Å². The molecule has 1 fully saturated rings. The number of rotatable bonds is 4. The summed E-state index contributed by atoms with van der Waals surface area (Å²) in [4.78, 5) is 12.6. The molecule has 4 heteroatoms. The van der Waals surface area contributed by atoms with Gasteiger partial charge in [0.1, 0.15) is 5.54 Å². The summed E-state index contributed by atoms with van der Waals surface area (Å²) >= 11 is 1.82. The standard InChI is InChI=1S/C17H25NO2S/c1-5-20-15(19)17(10-16(3,4)11-21-12-17)18-14-8-6-7-13(2)9-14/h6-9,18H,5,10-12H2,1-4H3. The number of ether oxygens (including phenoxy) is 1. The van der Waals surface area contributed by atoms with E-state index in [-0.39, 0.29) is 11.4 Å². The van der Waals surface area contributed by atoms with Crippen molar-refractivity contribution in [2.45, 2.75) is 39.7 Å². The molecule has 1 heterocycles. The van der Waals surface area contributed by atoms with Crippen LogP contribution in [0.15, 0.2) is 24.3 Å². The minimum absolute atomic E-state index is 0.118. The van der Waals surface area contributed by atoms with E-state index in [1.54, 1.807) is 0 Å². The van der Waals surface area contributed by atoms with Crippen LogP contribution in [0, 0.1) is 12.3 Å². The maximum Gasteiger partial charge on any atom is 0.332 e. The summed E-state index contributed by atoms with van der Waals surface area (Å²) in [5.74, 6) is 1.69. The molecule has 1 aromatic rings. The highest BCUT2D eigenvalue weighted by atomic mass is 32.2. The van der Waals surface area contributed by atoms with Crippen molar-refractivity contribution in [3.05, 3.63) is 29.8 Å². The molecule has 1 unspecified atom stereocenters. The Morgan fingerprint density at radius 2 is 2.14 bits per heavy atom. The smallest absolute Gasteiger partial charge is 0.332 e. The predicted octanol–water partition coefficient (Wildman–Crippen LogP) is 3.87. The van der Waals surface area contributed by atoms with Gasteiger partial charge in [0.15, 0.2) is 0 Å². The maximum absolute atomic E-state index is 12.6. The normalized spacial score (nSPS) is 24.4. The Morgan fingerprint density at radius 1 is 1.38 bits per heavy atom. The number of hydrogen-bond acceptors (Lipinski definition) is 4. The molecule has 0 spiro atoms. The van der Waals surface area contributed by atoms with Crippen molar-refractivity contribution >= 4 is 23.4 Å². The third-order valence-electron chi connectivity index (χ3n) is 3.69. The van der Waals surface area contributed by atoms with Gasteiger partial charge in [-0.25, -0.2) is 4.79 Å². The van der Waals surface area contributed by atoms with Gasteiger partial charge in [-0.1, -0.05) is 26.0 Å². The van der Waals surface area contributed by atoms with Gasteiger partial charge in [-0.3, -0.25) is 0 Å². The minimum Gasteiger partial charge on any atom is -0.464 e. The number of aryl methyl sites for hydroxylation is 1. The SMILES string of the molecule is CCOC(=O)C1(Nc2cccc(C)c2)CSCC(C)(C)C1. The van der Waals surface area contributed by atoms with Crippen LogP contribution in [-0.4, -0.2) is 29.6 Å². The van der Waals surface area contributed by atoms with Gasteiger partial charge in [-0.2, -0.15) is 11.8 Å². The van der Waals surface area contributed by atoms with Crippen LogP contribution in [0.3, 0.4) is 0 Å². The molecule has 0 radical (unpaired) electrons. The fourth-order valence-electron chi connectivity index (χ4n) is 2.95. The van der Waals surface area contributed by atoms with Gasteiger partial charge >= 0.3 is 5.97 Å². The summed E-state index contributed by atoms with van der Waals surface area (Å²) in [6.45, 7) is 8.76. The van der Waals surface area contributed by atoms with Gasteiger partial charge < -0.3 is 10.1 Å². The molecule has 116 valence electrons. The Bertz CT molecular complexity index is 515. The first kappa shape index (κ1) is 16.2. The van der Waals surface area contributed by atoms with E-state index in [9.17, 15) is 4.79 Å². The monoisotopic (exact) mass is 307 g/mol. The lowest BCUT2D eigenvalue weighted by atomic mass is 9.79. The van der Waals surface area contributed by atoms with E-state index in [2.05, 4.69) is 38.2 Å². The Balaban J connectivity index is 2.29. The van der Waals surface area contributed by atoms with Crippen molar-refractivity contribution in [2.75, 3.05) is 23.4 Å². The zero-order valence-electron chi connectivity index (χ0n) is 13.4. The van der Waals surface area contributed by atoms with Crippen molar-refractivity contribution in [2.24, 2.45) is 5.41 Å². The van der Waals surface area contributed by atoms with Crippen LogP contribution in [-0.2, 0) is 9.53 Å². The van der Waals surface area contributed by atoms with Crippen molar-refractivity contribution in [1.29, 1.82) is 0 Å². The molecule has 0 amide bonds. The van der Waals surface area contributed by atoms with E-state index in [4.69, 9.17) is 4.74 Å². The molecule has 0 aromatic heterocycles. The largest absolute Gasteiger partial charge is 0.464 e. The summed E-state index contributed by atoms with van der Waals surface area (Å²) < 4.78 is 5.37. The summed E-state index contributed by atoms with van der Waals surface area (Å²) in [6, 6.07) is 8.16. The van der Waals surface area contributed by atoms with Gasteiger partial charge in [0, 0.05) is 11.4 Å². The summed E-state index contributed by atoms with van der Waals surface area (Å²) in [7, 11) is 0. The number of hydrogen-bond donors (Lipinski definition) is 1. The second-order valence-corrected chi connectivity index (χ2v) is 7.62. The van der Waals surface area contributed by atoms with Crippen LogP contribution >= 0.6 is 11.8 Å². The zero-order valence-corrected chi connectivity index (χ0v) is 14.2. The molecular formula is C17H25NO2S. The Kier molecular flexibility index (Phi) is 4.87. The van der Waals surface area contributed by atoms with Gasteiger partial charge in [0.05, 0.1) is 6.61 Å². The van der Waals surface area contributed by atoms with Gasteiger partial charge in [0.2, 0.25) is 0 Å². The first-order valence-corrected chi connectivity index (χ1v) is 8.62. The average Bonchev–Trinajstić information content (AvgIpc) is 2.37.